The molecule has 1 aromatic rings. The lowest BCUT2D eigenvalue weighted by Gasteiger charge is -2.22. The van der Waals surface area contributed by atoms with E-state index in [1.807, 2.05) is 0 Å². The summed E-state index contributed by atoms with van der Waals surface area (Å²) in [5.41, 5.74) is 1.71. The van der Waals surface area contributed by atoms with Gasteiger partial charge in [-0.3, -0.25) is 4.68 Å². The first-order chi connectivity index (χ1) is 8.02. The highest BCUT2D eigenvalue weighted by molar-refractivity contribution is 9.09. The second-order valence-corrected chi connectivity index (χ2v) is 7.17. The number of halogens is 1. The van der Waals surface area contributed by atoms with Crippen LogP contribution in [0.3, 0.4) is 0 Å². The molecule has 1 fully saturated rings. The van der Waals surface area contributed by atoms with E-state index in [4.69, 9.17) is 5.10 Å². The zero-order valence-corrected chi connectivity index (χ0v) is 12.7. The van der Waals surface area contributed by atoms with Crippen molar-refractivity contribution in [2.45, 2.75) is 63.7 Å². The molecule has 96 valence electrons. The zero-order chi connectivity index (χ0) is 12.5. The van der Waals surface area contributed by atoms with Gasteiger partial charge in [0.15, 0.2) is 0 Å². The molecule has 2 nitrogen and oxygen atoms in total. The summed E-state index contributed by atoms with van der Waals surface area (Å²) in [6.45, 7) is 6.83. The maximum absolute atomic E-state index is 4.72. The lowest BCUT2D eigenvalue weighted by Crippen LogP contribution is -2.16. The standard InChI is InChI=1S/C14H23BrN2/c1-4-11(2)17-8-6-13(16-17)10-14(3)7-5-12(15)9-14/h6,8,11-12H,4-5,7,9-10H2,1-3H3. The minimum Gasteiger partial charge on any atom is -0.270 e. The molecule has 3 atom stereocenters. The average molecular weight is 299 g/mol. The molecule has 3 unspecified atom stereocenters. The highest BCUT2D eigenvalue weighted by atomic mass is 79.9. The summed E-state index contributed by atoms with van der Waals surface area (Å²) in [6, 6.07) is 2.71. The fraction of sp³-hybridized carbons (Fsp3) is 0.786. The number of nitrogens with zero attached hydrogens (tertiary/aromatic N) is 2. The van der Waals surface area contributed by atoms with E-state index >= 15 is 0 Å². The van der Waals surface area contributed by atoms with Crippen molar-refractivity contribution < 1.29 is 0 Å². The van der Waals surface area contributed by atoms with Gasteiger partial charge < -0.3 is 0 Å². The number of hydrogen-bond acceptors (Lipinski definition) is 1. The molecule has 0 saturated heterocycles. The molecule has 1 heterocycles. The Hall–Kier alpha value is -0.310. The highest BCUT2D eigenvalue weighted by Crippen LogP contribution is 2.43. The number of aromatic nitrogens is 2. The van der Waals surface area contributed by atoms with Crippen molar-refractivity contribution >= 4 is 15.9 Å². The normalized spacial score (nSPS) is 30.7. The van der Waals surface area contributed by atoms with Gasteiger partial charge in [0.25, 0.3) is 0 Å². The van der Waals surface area contributed by atoms with E-state index in [2.05, 4.69) is 53.6 Å². The Balaban J connectivity index is 2.02. The highest BCUT2D eigenvalue weighted by Gasteiger charge is 2.34. The molecule has 2 rings (SSSR count). The van der Waals surface area contributed by atoms with Crippen LogP contribution < -0.4 is 0 Å². The summed E-state index contributed by atoms with van der Waals surface area (Å²) in [5.74, 6) is 0. The van der Waals surface area contributed by atoms with Gasteiger partial charge in [-0.1, -0.05) is 29.8 Å². The van der Waals surface area contributed by atoms with Crippen molar-refractivity contribution in [1.82, 2.24) is 9.78 Å². The van der Waals surface area contributed by atoms with Gasteiger partial charge in [0, 0.05) is 17.1 Å². The van der Waals surface area contributed by atoms with Crippen LogP contribution >= 0.6 is 15.9 Å². The maximum atomic E-state index is 4.72. The molecule has 0 radical (unpaired) electrons. The molecule has 1 aromatic heterocycles. The van der Waals surface area contributed by atoms with Crippen molar-refractivity contribution in [3.05, 3.63) is 18.0 Å². The van der Waals surface area contributed by atoms with Crippen molar-refractivity contribution in [2.75, 3.05) is 0 Å². The van der Waals surface area contributed by atoms with E-state index in [1.54, 1.807) is 0 Å². The summed E-state index contributed by atoms with van der Waals surface area (Å²) in [4.78, 5) is 0.712. The molecule has 3 heteroatoms. The van der Waals surface area contributed by atoms with Crippen LogP contribution in [-0.4, -0.2) is 14.6 Å². The van der Waals surface area contributed by atoms with Crippen LogP contribution in [0.25, 0.3) is 0 Å². The summed E-state index contributed by atoms with van der Waals surface area (Å²) < 4.78 is 2.11. The van der Waals surface area contributed by atoms with Crippen molar-refractivity contribution in [1.29, 1.82) is 0 Å². The van der Waals surface area contributed by atoms with Crippen LogP contribution in [0.2, 0.25) is 0 Å². The molecule has 0 amide bonds. The molecular weight excluding hydrogens is 276 g/mol. The molecule has 0 spiro atoms. The van der Waals surface area contributed by atoms with Crippen molar-refractivity contribution in [3.8, 4) is 0 Å². The molecule has 1 aliphatic carbocycles. The Morgan fingerprint density at radius 3 is 3.00 bits per heavy atom. The molecular formula is C14H23BrN2. The fourth-order valence-corrected chi connectivity index (χ4v) is 3.76. The predicted molar refractivity (Wildman–Crippen MR) is 75.6 cm³/mol. The van der Waals surface area contributed by atoms with Gasteiger partial charge in [0.05, 0.1) is 5.69 Å². The van der Waals surface area contributed by atoms with E-state index in [0.717, 1.165) is 12.8 Å². The van der Waals surface area contributed by atoms with E-state index in [-0.39, 0.29) is 0 Å². The summed E-state index contributed by atoms with van der Waals surface area (Å²) >= 11 is 3.74. The van der Waals surface area contributed by atoms with Gasteiger partial charge in [-0.05, 0) is 50.5 Å². The van der Waals surface area contributed by atoms with Crippen LogP contribution in [0, 0.1) is 5.41 Å². The van der Waals surface area contributed by atoms with Gasteiger partial charge in [-0.2, -0.15) is 5.10 Å². The van der Waals surface area contributed by atoms with Crippen LogP contribution in [0.4, 0.5) is 0 Å². The smallest absolute Gasteiger partial charge is 0.0630 e. The third kappa shape index (κ3) is 3.12. The summed E-state index contributed by atoms with van der Waals surface area (Å²) in [7, 11) is 0. The van der Waals surface area contributed by atoms with E-state index in [9.17, 15) is 0 Å². The molecule has 0 bridgehead atoms. The number of alkyl halides is 1. The van der Waals surface area contributed by atoms with Gasteiger partial charge in [0.1, 0.15) is 0 Å². The van der Waals surface area contributed by atoms with E-state index in [0.29, 0.717) is 16.3 Å². The van der Waals surface area contributed by atoms with Crippen LogP contribution in [0.5, 0.6) is 0 Å². The molecule has 17 heavy (non-hydrogen) atoms. The maximum Gasteiger partial charge on any atom is 0.0630 e. The van der Waals surface area contributed by atoms with Crippen LogP contribution in [-0.2, 0) is 6.42 Å². The summed E-state index contributed by atoms with van der Waals surface area (Å²) in [6.07, 6.45) is 8.30. The Kier molecular flexibility index (Phi) is 3.96. The van der Waals surface area contributed by atoms with Gasteiger partial charge >= 0.3 is 0 Å². The topological polar surface area (TPSA) is 17.8 Å². The van der Waals surface area contributed by atoms with Gasteiger partial charge in [-0.15, -0.1) is 0 Å². The van der Waals surface area contributed by atoms with Gasteiger partial charge in [-0.25, -0.2) is 0 Å². The second-order valence-electron chi connectivity index (χ2n) is 5.87. The molecule has 0 aliphatic heterocycles. The Morgan fingerprint density at radius 2 is 2.41 bits per heavy atom. The summed E-state index contributed by atoms with van der Waals surface area (Å²) in [5, 5.41) is 4.72. The van der Waals surface area contributed by atoms with E-state index < -0.39 is 0 Å². The average Bonchev–Trinajstić information content (AvgIpc) is 2.85. The minimum absolute atomic E-state index is 0.447. The van der Waals surface area contributed by atoms with Crippen LogP contribution in [0.15, 0.2) is 12.3 Å². The second kappa shape index (κ2) is 5.13. The molecule has 1 aliphatic rings. The zero-order valence-electron chi connectivity index (χ0n) is 11.1. The Labute approximate surface area is 113 Å². The van der Waals surface area contributed by atoms with Crippen molar-refractivity contribution in [2.24, 2.45) is 5.41 Å². The van der Waals surface area contributed by atoms with Crippen LogP contribution in [0.1, 0.15) is 58.2 Å². The quantitative estimate of drug-likeness (QED) is 0.756. The Morgan fingerprint density at radius 1 is 1.65 bits per heavy atom. The van der Waals surface area contributed by atoms with E-state index in [1.165, 1.54) is 25.0 Å². The molecule has 0 N–H and O–H groups in total. The third-order valence-corrected chi connectivity index (χ3v) is 4.87. The fourth-order valence-electron chi connectivity index (χ4n) is 2.75. The lowest BCUT2D eigenvalue weighted by molar-refractivity contribution is 0.329. The first-order valence-electron chi connectivity index (χ1n) is 6.70. The first-order valence-corrected chi connectivity index (χ1v) is 7.62. The Bertz CT molecular complexity index is 374. The minimum atomic E-state index is 0.447. The molecule has 1 saturated carbocycles. The SMILES string of the molecule is CCC(C)n1ccc(CC2(C)CCC(Br)C2)n1. The van der Waals surface area contributed by atoms with Crippen molar-refractivity contribution in [3.63, 3.8) is 0 Å². The van der Waals surface area contributed by atoms with Gasteiger partial charge in [0.2, 0.25) is 0 Å². The third-order valence-electron chi connectivity index (χ3n) is 4.09. The largest absolute Gasteiger partial charge is 0.270 e. The number of rotatable bonds is 4. The predicted octanol–water partition coefficient (Wildman–Crippen LogP) is 4.35. The molecule has 0 aromatic carbocycles. The first kappa shape index (κ1) is 13.1. The number of hydrogen-bond donors (Lipinski definition) is 0. The lowest BCUT2D eigenvalue weighted by atomic mass is 9.84. The monoisotopic (exact) mass is 298 g/mol.